The minimum Gasteiger partial charge on any atom is -0.315 e. The molecular formula is C8H18N2. The van der Waals surface area contributed by atoms with Gasteiger partial charge < -0.3 is 10.2 Å². The van der Waals surface area contributed by atoms with Gasteiger partial charge in [-0.1, -0.05) is 6.92 Å². The molecule has 10 heavy (non-hydrogen) atoms. The van der Waals surface area contributed by atoms with Crippen molar-refractivity contribution in [2.24, 2.45) is 5.92 Å². The lowest BCUT2D eigenvalue weighted by molar-refractivity contribution is 0.227. The largest absolute Gasteiger partial charge is 0.315 e. The smallest absolute Gasteiger partial charge is 0.0107 e. The SMILES string of the molecule is CC1[C@@H](C)CNCCN1C. The van der Waals surface area contributed by atoms with E-state index in [2.05, 4.69) is 31.1 Å². The second-order valence-electron chi connectivity index (χ2n) is 3.40. The zero-order valence-corrected chi connectivity index (χ0v) is 7.22. The van der Waals surface area contributed by atoms with E-state index in [1.165, 1.54) is 13.1 Å². The summed E-state index contributed by atoms with van der Waals surface area (Å²) in [4.78, 5) is 2.42. The molecule has 0 aromatic carbocycles. The van der Waals surface area contributed by atoms with Gasteiger partial charge in [0.2, 0.25) is 0 Å². The van der Waals surface area contributed by atoms with Crippen LogP contribution in [0.5, 0.6) is 0 Å². The minimum absolute atomic E-state index is 0.731. The first kappa shape index (κ1) is 8.02. The van der Waals surface area contributed by atoms with Crippen LogP contribution in [0, 0.1) is 5.92 Å². The zero-order chi connectivity index (χ0) is 7.56. The molecule has 2 nitrogen and oxygen atoms in total. The van der Waals surface area contributed by atoms with Crippen molar-refractivity contribution in [3.05, 3.63) is 0 Å². The number of hydrogen-bond acceptors (Lipinski definition) is 2. The Labute approximate surface area is 63.6 Å². The Morgan fingerprint density at radius 3 is 2.80 bits per heavy atom. The molecule has 1 heterocycles. The molecule has 1 saturated heterocycles. The molecule has 0 amide bonds. The number of nitrogens with zero attached hydrogens (tertiary/aromatic N) is 1. The van der Waals surface area contributed by atoms with Crippen LogP contribution >= 0.6 is 0 Å². The summed E-state index contributed by atoms with van der Waals surface area (Å²) in [5.74, 6) is 0.785. The topological polar surface area (TPSA) is 15.3 Å². The predicted molar refractivity (Wildman–Crippen MR) is 44.1 cm³/mol. The van der Waals surface area contributed by atoms with E-state index in [0.717, 1.165) is 18.5 Å². The van der Waals surface area contributed by atoms with Gasteiger partial charge in [0, 0.05) is 19.1 Å². The lowest BCUT2D eigenvalue weighted by atomic mass is 10.0. The van der Waals surface area contributed by atoms with Crippen LogP contribution in [-0.4, -0.2) is 37.6 Å². The third kappa shape index (κ3) is 1.70. The number of nitrogens with one attached hydrogen (secondary N) is 1. The van der Waals surface area contributed by atoms with E-state index >= 15 is 0 Å². The summed E-state index contributed by atoms with van der Waals surface area (Å²) in [5.41, 5.74) is 0. The van der Waals surface area contributed by atoms with Gasteiger partial charge >= 0.3 is 0 Å². The van der Waals surface area contributed by atoms with Crippen LogP contribution in [0.15, 0.2) is 0 Å². The highest BCUT2D eigenvalue weighted by atomic mass is 15.2. The first-order valence-electron chi connectivity index (χ1n) is 4.13. The first-order chi connectivity index (χ1) is 4.72. The fraction of sp³-hybridized carbons (Fsp3) is 1.00. The summed E-state index contributed by atoms with van der Waals surface area (Å²) in [6, 6.07) is 0.731. The van der Waals surface area contributed by atoms with E-state index in [0.29, 0.717) is 0 Å². The number of rotatable bonds is 0. The van der Waals surface area contributed by atoms with Gasteiger partial charge in [0.1, 0.15) is 0 Å². The molecule has 0 aliphatic carbocycles. The van der Waals surface area contributed by atoms with Crippen molar-refractivity contribution < 1.29 is 0 Å². The van der Waals surface area contributed by atoms with E-state index in [1.54, 1.807) is 0 Å². The Kier molecular flexibility index (Phi) is 2.69. The van der Waals surface area contributed by atoms with Gasteiger partial charge in [0.05, 0.1) is 0 Å². The second kappa shape index (κ2) is 3.35. The number of hydrogen-bond donors (Lipinski definition) is 1. The fourth-order valence-corrected chi connectivity index (χ4v) is 1.39. The number of likely N-dealkylation sites (N-methyl/N-ethyl adjacent to an activating group) is 1. The summed E-state index contributed by atoms with van der Waals surface area (Å²) in [6.07, 6.45) is 0. The molecule has 1 unspecified atom stereocenters. The van der Waals surface area contributed by atoms with Crippen LogP contribution in [0.4, 0.5) is 0 Å². The maximum atomic E-state index is 3.42. The normalized spacial score (nSPS) is 37.5. The first-order valence-corrected chi connectivity index (χ1v) is 4.13. The lowest BCUT2D eigenvalue weighted by Gasteiger charge is -2.25. The van der Waals surface area contributed by atoms with Crippen molar-refractivity contribution >= 4 is 0 Å². The van der Waals surface area contributed by atoms with Crippen molar-refractivity contribution in [3.8, 4) is 0 Å². The summed E-state index contributed by atoms with van der Waals surface area (Å²) < 4.78 is 0. The quantitative estimate of drug-likeness (QED) is 0.531. The van der Waals surface area contributed by atoms with Crippen LogP contribution in [0.25, 0.3) is 0 Å². The Morgan fingerprint density at radius 2 is 2.10 bits per heavy atom. The molecule has 0 saturated carbocycles. The third-order valence-corrected chi connectivity index (χ3v) is 2.63. The van der Waals surface area contributed by atoms with Crippen molar-refractivity contribution in [1.82, 2.24) is 10.2 Å². The van der Waals surface area contributed by atoms with Gasteiger partial charge in [0.25, 0.3) is 0 Å². The van der Waals surface area contributed by atoms with Crippen LogP contribution in [-0.2, 0) is 0 Å². The molecule has 0 spiro atoms. The average molecular weight is 142 g/mol. The second-order valence-corrected chi connectivity index (χ2v) is 3.40. The molecule has 1 fully saturated rings. The monoisotopic (exact) mass is 142 g/mol. The summed E-state index contributed by atoms with van der Waals surface area (Å²) in [6.45, 7) is 8.11. The molecule has 1 aliphatic heterocycles. The summed E-state index contributed by atoms with van der Waals surface area (Å²) in [5, 5.41) is 3.42. The highest BCUT2D eigenvalue weighted by Gasteiger charge is 2.18. The minimum atomic E-state index is 0.731. The van der Waals surface area contributed by atoms with Gasteiger partial charge in [-0.15, -0.1) is 0 Å². The molecule has 1 N–H and O–H groups in total. The highest BCUT2D eigenvalue weighted by molar-refractivity contribution is 4.76. The molecule has 0 bridgehead atoms. The van der Waals surface area contributed by atoms with Gasteiger partial charge in [-0.05, 0) is 26.4 Å². The Bertz CT molecular complexity index is 91.4. The molecular weight excluding hydrogens is 124 g/mol. The van der Waals surface area contributed by atoms with E-state index in [1.807, 2.05) is 0 Å². The van der Waals surface area contributed by atoms with E-state index in [-0.39, 0.29) is 0 Å². The molecule has 0 radical (unpaired) electrons. The molecule has 0 aromatic rings. The third-order valence-electron chi connectivity index (χ3n) is 2.63. The van der Waals surface area contributed by atoms with Crippen LogP contribution < -0.4 is 5.32 Å². The van der Waals surface area contributed by atoms with E-state index in [4.69, 9.17) is 0 Å². The molecule has 0 aromatic heterocycles. The fourth-order valence-electron chi connectivity index (χ4n) is 1.39. The van der Waals surface area contributed by atoms with Gasteiger partial charge in [-0.3, -0.25) is 0 Å². The maximum Gasteiger partial charge on any atom is 0.0107 e. The van der Waals surface area contributed by atoms with Gasteiger partial charge in [-0.2, -0.15) is 0 Å². The van der Waals surface area contributed by atoms with Crippen molar-refractivity contribution in [1.29, 1.82) is 0 Å². The summed E-state index contributed by atoms with van der Waals surface area (Å²) >= 11 is 0. The summed E-state index contributed by atoms with van der Waals surface area (Å²) in [7, 11) is 2.20. The molecule has 2 heteroatoms. The predicted octanol–water partition coefficient (Wildman–Crippen LogP) is 0.546. The Morgan fingerprint density at radius 1 is 1.40 bits per heavy atom. The van der Waals surface area contributed by atoms with Crippen LogP contribution in [0.2, 0.25) is 0 Å². The highest BCUT2D eigenvalue weighted by Crippen LogP contribution is 2.09. The molecule has 1 aliphatic rings. The Balaban J connectivity index is 2.46. The molecule has 60 valence electrons. The molecule has 1 rings (SSSR count). The molecule has 2 atom stereocenters. The van der Waals surface area contributed by atoms with Crippen LogP contribution in [0.3, 0.4) is 0 Å². The standard InChI is InChI=1S/C8H18N2/c1-7-6-9-4-5-10(3)8(7)2/h7-9H,4-6H2,1-3H3/t7-,8?/m0/s1. The van der Waals surface area contributed by atoms with Crippen molar-refractivity contribution in [2.45, 2.75) is 19.9 Å². The van der Waals surface area contributed by atoms with Crippen LogP contribution in [0.1, 0.15) is 13.8 Å². The van der Waals surface area contributed by atoms with E-state index < -0.39 is 0 Å². The lowest BCUT2D eigenvalue weighted by Crippen LogP contribution is -2.34. The van der Waals surface area contributed by atoms with Gasteiger partial charge in [0.15, 0.2) is 0 Å². The average Bonchev–Trinajstić information content (AvgIpc) is 2.04. The van der Waals surface area contributed by atoms with E-state index in [9.17, 15) is 0 Å². The van der Waals surface area contributed by atoms with Crippen molar-refractivity contribution in [2.75, 3.05) is 26.7 Å². The van der Waals surface area contributed by atoms with Gasteiger partial charge in [-0.25, -0.2) is 0 Å². The zero-order valence-electron chi connectivity index (χ0n) is 7.22. The maximum absolute atomic E-state index is 3.42. The Hall–Kier alpha value is -0.0800. The van der Waals surface area contributed by atoms with Crippen molar-refractivity contribution in [3.63, 3.8) is 0 Å².